The number of rotatable bonds is 8. The minimum atomic E-state index is -2.05. The van der Waals surface area contributed by atoms with Crippen LogP contribution in [0.15, 0.2) is 36.4 Å². The smallest absolute Gasteiger partial charge is 0.250 e. The van der Waals surface area contributed by atoms with Crippen LogP contribution in [0.2, 0.25) is 36.3 Å². The van der Waals surface area contributed by atoms with Crippen LogP contribution in [0.3, 0.4) is 0 Å². The molecule has 0 atom stereocenters. The van der Waals surface area contributed by atoms with Crippen LogP contribution in [0.4, 0.5) is 0 Å². The topological polar surface area (TPSA) is 36.9 Å². The van der Waals surface area contributed by atoms with Crippen molar-refractivity contribution in [1.82, 2.24) is 0 Å². The van der Waals surface area contributed by atoms with Crippen molar-refractivity contribution < 1.29 is 18.3 Å². The average molecular weight is 501 g/mol. The summed E-state index contributed by atoms with van der Waals surface area (Å²) in [5, 5.41) is 0.190. The van der Waals surface area contributed by atoms with Crippen molar-refractivity contribution in [2.24, 2.45) is 0 Å². The van der Waals surface area contributed by atoms with Crippen molar-refractivity contribution in [1.29, 1.82) is 0 Å². The van der Waals surface area contributed by atoms with Crippen LogP contribution in [0.1, 0.15) is 52.7 Å². The maximum Gasteiger partial charge on any atom is 0.250 e. The first-order valence-electron chi connectivity index (χ1n) is 11.9. The van der Waals surface area contributed by atoms with Gasteiger partial charge in [-0.2, -0.15) is 0 Å². The van der Waals surface area contributed by atoms with Gasteiger partial charge in [0.05, 0.1) is 14.2 Å². The summed E-state index contributed by atoms with van der Waals surface area (Å²) in [6.07, 6.45) is 4.15. The van der Waals surface area contributed by atoms with E-state index in [0.717, 1.165) is 34.1 Å². The zero-order chi connectivity index (χ0) is 25.9. The van der Waals surface area contributed by atoms with E-state index in [1.807, 2.05) is 18.2 Å². The van der Waals surface area contributed by atoms with Gasteiger partial charge in [0.15, 0.2) is 0 Å². The molecule has 0 heterocycles. The van der Waals surface area contributed by atoms with Crippen molar-refractivity contribution in [3.63, 3.8) is 0 Å². The van der Waals surface area contributed by atoms with Crippen molar-refractivity contribution >= 4 is 28.8 Å². The minimum absolute atomic E-state index is 0.0875. The summed E-state index contributed by atoms with van der Waals surface area (Å²) in [4.78, 5) is 0. The Balaban J connectivity index is 2.49. The van der Waals surface area contributed by atoms with Crippen molar-refractivity contribution in [3.05, 3.63) is 47.5 Å². The second kappa shape index (κ2) is 10.2. The Morgan fingerprint density at radius 1 is 0.588 bits per heavy atom. The fraction of sp³-hybridized carbons (Fsp3) is 0.500. The van der Waals surface area contributed by atoms with Crippen LogP contribution in [-0.4, -0.2) is 30.9 Å². The Kier molecular flexibility index (Phi) is 8.42. The van der Waals surface area contributed by atoms with Gasteiger partial charge in [0, 0.05) is 6.07 Å². The van der Waals surface area contributed by atoms with Gasteiger partial charge in [0.2, 0.25) is 0 Å². The third-order valence-corrected chi connectivity index (χ3v) is 15.8. The molecule has 0 bridgehead atoms. The maximum atomic E-state index is 6.78. The Hall–Kier alpha value is -2.19. The molecule has 0 aliphatic heterocycles. The highest BCUT2D eigenvalue weighted by atomic mass is 28.4. The molecule has 188 valence electrons. The third-order valence-electron chi connectivity index (χ3n) is 7.15. The lowest BCUT2D eigenvalue weighted by Gasteiger charge is -2.39. The lowest BCUT2D eigenvalue weighted by molar-refractivity contribution is 0.394. The number of hydrogen-bond donors (Lipinski definition) is 0. The molecule has 0 saturated carbocycles. The molecule has 2 aromatic carbocycles. The van der Waals surface area contributed by atoms with Gasteiger partial charge in [-0.1, -0.05) is 59.8 Å². The second-order valence-electron chi connectivity index (χ2n) is 11.9. The highest BCUT2D eigenvalue weighted by Gasteiger charge is 2.42. The number of methoxy groups -OCH3 is 2. The van der Waals surface area contributed by atoms with Gasteiger partial charge in [0.25, 0.3) is 16.6 Å². The first-order valence-corrected chi connectivity index (χ1v) is 17.7. The Morgan fingerprint density at radius 2 is 1.03 bits per heavy atom. The van der Waals surface area contributed by atoms with E-state index in [1.165, 1.54) is 0 Å². The third kappa shape index (κ3) is 6.92. The SMILES string of the molecule is COc1cc(/C=C/c2ccc(O[Si](C)(C)C(C)(C)C)c(O[Si](C)(C)C(C)(C)C)c2)cc(OC)c1. The monoisotopic (exact) mass is 500 g/mol. The zero-order valence-electron chi connectivity index (χ0n) is 23.3. The standard InChI is InChI=1S/C28H44O4Si2/c1-27(2,3)33(9,10)31-25-16-15-21(19-26(25)32-34(11,12)28(4,5)6)13-14-22-17-23(29-7)20-24(18-22)30-8/h13-20H,1-12H3/b14-13+. The number of ether oxygens (including phenoxy) is 2. The normalized spacial score (nSPS) is 13.2. The highest BCUT2D eigenvalue weighted by molar-refractivity contribution is 6.75. The first kappa shape index (κ1) is 28.1. The summed E-state index contributed by atoms with van der Waals surface area (Å²) in [5.74, 6) is 3.21. The molecule has 0 aliphatic rings. The largest absolute Gasteiger partial charge is 0.541 e. The summed E-state index contributed by atoms with van der Waals surface area (Å²) in [6, 6.07) is 12.1. The van der Waals surface area contributed by atoms with Gasteiger partial charge in [-0.3, -0.25) is 0 Å². The Morgan fingerprint density at radius 3 is 1.47 bits per heavy atom. The molecule has 0 radical (unpaired) electrons. The van der Waals surface area contributed by atoms with Crippen molar-refractivity contribution in [2.75, 3.05) is 14.2 Å². The van der Waals surface area contributed by atoms with E-state index in [2.05, 4.69) is 98.1 Å². The lowest BCUT2D eigenvalue weighted by atomic mass is 10.1. The average Bonchev–Trinajstić information content (AvgIpc) is 2.71. The lowest BCUT2D eigenvalue weighted by Crippen LogP contribution is -2.45. The van der Waals surface area contributed by atoms with Gasteiger partial charge < -0.3 is 18.3 Å². The summed E-state index contributed by atoms with van der Waals surface area (Å²) >= 11 is 0. The van der Waals surface area contributed by atoms with E-state index in [9.17, 15) is 0 Å². The predicted octanol–water partition coefficient (Wildman–Crippen LogP) is 8.64. The predicted molar refractivity (Wildman–Crippen MR) is 151 cm³/mol. The van der Waals surface area contributed by atoms with Crippen LogP contribution in [0.5, 0.6) is 23.0 Å². The molecule has 0 fully saturated rings. The molecule has 0 saturated heterocycles. The van der Waals surface area contributed by atoms with Crippen LogP contribution in [0.25, 0.3) is 12.2 Å². The molecule has 0 amide bonds. The number of benzene rings is 2. The molecule has 4 nitrogen and oxygen atoms in total. The molecule has 0 N–H and O–H groups in total. The number of hydrogen-bond acceptors (Lipinski definition) is 4. The van der Waals surface area contributed by atoms with Crippen LogP contribution in [0, 0.1) is 0 Å². The Bertz CT molecular complexity index is 990. The van der Waals surface area contributed by atoms with E-state index in [1.54, 1.807) is 14.2 Å². The first-order chi connectivity index (χ1) is 15.5. The van der Waals surface area contributed by atoms with Crippen LogP contribution in [-0.2, 0) is 0 Å². The van der Waals surface area contributed by atoms with E-state index < -0.39 is 16.6 Å². The highest BCUT2D eigenvalue weighted by Crippen LogP contribution is 2.44. The Labute approximate surface area is 209 Å². The molecule has 2 aromatic rings. The molecule has 0 aromatic heterocycles. The fourth-order valence-electron chi connectivity index (χ4n) is 2.77. The van der Waals surface area contributed by atoms with Gasteiger partial charge in [-0.15, -0.1) is 0 Å². The van der Waals surface area contributed by atoms with Gasteiger partial charge in [0.1, 0.15) is 23.0 Å². The van der Waals surface area contributed by atoms with Crippen LogP contribution < -0.4 is 18.3 Å². The van der Waals surface area contributed by atoms with Crippen molar-refractivity contribution in [3.8, 4) is 23.0 Å². The summed E-state index contributed by atoms with van der Waals surface area (Å²) in [6.45, 7) is 22.6. The molecular formula is C28H44O4Si2. The summed E-state index contributed by atoms with van der Waals surface area (Å²) < 4.78 is 24.3. The van der Waals surface area contributed by atoms with E-state index in [-0.39, 0.29) is 10.1 Å². The maximum absolute atomic E-state index is 6.78. The quantitative estimate of drug-likeness (QED) is 0.268. The van der Waals surface area contributed by atoms with Crippen molar-refractivity contribution in [2.45, 2.75) is 77.8 Å². The molecule has 2 rings (SSSR count). The van der Waals surface area contributed by atoms with E-state index in [4.69, 9.17) is 18.3 Å². The van der Waals surface area contributed by atoms with E-state index in [0.29, 0.717) is 0 Å². The summed E-state index contributed by atoms with van der Waals surface area (Å²) in [7, 11) is -0.752. The minimum Gasteiger partial charge on any atom is -0.541 e. The molecular weight excluding hydrogens is 456 g/mol. The molecule has 34 heavy (non-hydrogen) atoms. The zero-order valence-corrected chi connectivity index (χ0v) is 25.3. The van der Waals surface area contributed by atoms with Gasteiger partial charge >= 0.3 is 0 Å². The molecule has 0 aliphatic carbocycles. The molecule has 6 heteroatoms. The molecule has 0 spiro atoms. The fourth-order valence-corrected chi connectivity index (χ4v) is 4.81. The molecule has 0 unspecified atom stereocenters. The van der Waals surface area contributed by atoms with Crippen LogP contribution >= 0.6 is 0 Å². The van der Waals surface area contributed by atoms with Gasteiger partial charge in [-0.05, 0) is 71.7 Å². The van der Waals surface area contributed by atoms with Gasteiger partial charge in [-0.25, -0.2) is 0 Å². The van der Waals surface area contributed by atoms with E-state index >= 15 is 0 Å². The second-order valence-corrected chi connectivity index (χ2v) is 21.4. The summed E-state index contributed by atoms with van der Waals surface area (Å²) in [5.41, 5.74) is 2.06.